The molecule has 1 atom stereocenters. The van der Waals surface area contributed by atoms with E-state index in [0.29, 0.717) is 12.3 Å². The minimum absolute atomic E-state index is 0.116. The van der Waals surface area contributed by atoms with E-state index in [-0.39, 0.29) is 18.6 Å². The summed E-state index contributed by atoms with van der Waals surface area (Å²) in [7, 11) is 0. The molecule has 2 heterocycles. The molecule has 1 saturated heterocycles. The maximum Gasteiger partial charge on any atom is 0.255 e. The molecule has 6 nitrogen and oxygen atoms in total. The van der Waals surface area contributed by atoms with E-state index in [1.807, 2.05) is 12.1 Å². The molecule has 0 bridgehead atoms. The summed E-state index contributed by atoms with van der Waals surface area (Å²) in [5.41, 5.74) is 5.92. The molecule has 0 spiro atoms. The van der Waals surface area contributed by atoms with Gasteiger partial charge in [0.15, 0.2) is 6.61 Å². The number of nitrogens with zero attached hydrogens (tertiary/aromatic N) is 1. The highest BCUT2D eigenvalue weighted by Crippen LogP contribution is 2.27. The monoisotopic (exact) mass is 399 g/mol. The van der Waals surface area contributed by atoms with E-state index in [2.05, 4.69) is 27.7 Å². The van der Waals surface area contributed by atoms with Crippen molar-refractivity contribution in [2.24, 2.45) is 5.73 Å². The quantitative estimate of drug-likeness (QED) is 0.635. The van der Waals surface area contributed by atoms with Gasteiger partial charge in [0, 0.05) is 17.5 Å². The van der Waals surface area contributed by atoms with Crippen LogP contribution in [0.15, 0.2) is 47.9 Å². The standard InChI is InChI=1S/C21H25N3O3S/c22-20(25)15-27-17-8-5-16(6-9-17)7-10-21(26)23-14-18(19-4-3-13-28-19)24-11-1-2-12-24/h3-10,13,18H,1-2,11-12,14-15H2,(H2,22,25)(H,23,26)/b10-7+. The maximum absolute atomic E-state index is 12.3. The Balaban J connectivity index is 1.52. The fourth-order valence-electron chi connectivity index (χ4n) is 3.20. The lowest BCUT2D eigenvalue weighted by molar-refractivity contribution is -0.120. The number of rotatable bonds is 9. The maximum atomic E-state index is 12.3. The van der Waals surface area contributed by atoms with Crippen molar-refractivity contribution in [1.82, 2.24) is 10.2 Å². The van der Waals surface area contributed by atoms with Crippen molar-refractivity contribution in [3.63, 3.8) is 0 Å². The number of carbonyl (C=O) groups excluding carboxylic acids is 2. The van der Waals surface area contributed by atoms with Gasteiger partial charge in [0.25, 0.3) is 5.91 Å². The third-order valence-corrected chi connectivity index (χ3v) is 5.58. The SMILES string of the molecule is NC(=O)COc1ccc(/C=C/C(=O)NCC(c2cccs2)N2CCCC2)cc1. The van der Waals surface area contributed by atoms with E-state index in [1.54, 1.807) is 29.5 Å². The van der Waals surface area contributed by atoms with E-state index in [1.165, 1.54) is 23.8 Å². The van der Waals surface area contributed by atoms with Crippen LogP contribution in [0.2, 0.25) is 0 Å². The van der Waals surface area contributed by atoms with Gasteiger partial charge in [-0.2, -0.15) is 0 Å². The Morgan fingerprint density at radius 1 is 1.21 bits per heavy atom. The number of carbonyl (C=O) groups is 2. The fourth-order valence-corrected chi connectivity index (χ4v) is 4.06. The molecule has 2 amide bonds. The number of nitrogens with one attached hydrogen (secondary N) is 1. The van der Waals surface area contributed by atoms with Gasteiger partial charge in [-0.3, -0.25) is 14.5 Å². The minimum Gasteiger partial charge on any atom is -0.484 e. The van der Waals surface area contributed by atoms with Crippen molar-refractivity contribution in [3.8, 4) is 5.75 Å². The summed E-state index contributed by atoms with van der Waals surface area (Å²) in [4.78, 5) is 26.7. The van der Waals surface area contributed by atoms with Crippen LogP contribution >= 0.6 is 11.3 Å². The molecule has 148 valence electrons. The molecule has 28 heavy (non-hydrogen) atoms. The van der Waals surface area contributed by atoms with Crippen LogP contribution in [0.3, 0.4) is 0 Å². The molecular weight excluding hydrogens is 374 g/mol. The zero-order valence-corrected chi connectivity index (χ0v) is 16.5. The second kappa shape index (κ2) is 10.1. The number of primary amides is 1. The molecule has 0 saturated carbocycles. The number of nitrogens with two attached hydrogens (primary N) is 1. The third kappa shape index (κ3) is 5.94. The second-order valence-corrected chi connectivity index (χ2v) is 7.66. The Morgan fingerprint density at radius 3 is 2.61 bits per heavy atom. The Morgan fingerprint density at radius 2 is 1.96 bits per heavy atom. The van der Waals surface area contributed by atoms with Crippen molar-refractivity contribution in [1.29, 1.82) is 0 Å². The first kappa shape index (κ1) is 20.1. The number of likely N-dealkylation sites (tertiary alicyclic amines) is 1. The lowest BCUT2D eigenvalue weighted by Crippen LogP contribution is -2.35. The summed E-state index contributed by atoms with van der Waals surface area (Å²) in [6.45, 7) is 2.61. The number of hydrogen-bond acceptors (Lipinski definition) is 5. The summed E-state index contributed by atoms with van der Waals surface area (Å²) in [6, 6.07) is 11.5. The molecule has 3 N–H and O–H groups in total. The van der Waals surface area contributed by atoms with Crippen LogP contribution < -0.4 is 15.8 Å². The molecule has 1 aliphatic rings. The molecule has 3 rings (SSSR count). The largest absolute Gasteiger partial charge is 0.484 e. The number of amides is 2. The first-order valence-electron chi connectivity index (χ1n) is 9.36. The minimum atomic E-state index is -0.518. The highest BCUT2D eigenvalue weighted by atomic mass is 32.1. The molecule has 1 aliphatic heterocycles. The molecule has 2 aromatic rings. The molecule has 1 aromatic carbocycles. The summed E-state index contributed by atoms with van der Waals surface area (Å²) < 4.78 is 5.22. The van der Waals surface area contributed by atoms with Crippen LogP contribution in [0.5, 0.6) is 5.75 Å². The molecule has 1 aromatic heterocycles. The van der Waals surface area contributed by atoms with E-state index >= 15 is 0 Å². The van der Waals surface area contributed by atoms with Crippen LogP contribution in [0.4, 0.5) is 0 Å². The first-order chi connectivity index (χ1) is 13.6. The molecule has 1 fully saturated rings. The Hall–Kier alpha value is -2.64. The van der Waals surface area contributed by atoms with Gasteiger partial charge in [-0.1, -0.05) is 18.2 Å². The average Bonchev–Trinajstić information content (AvgIpc) is 3.40. The smallest absolute Gasteiger partial charge is 0.255 e. The molecule has 0 aliphatic carbocycles. The zero-order valence-electron chi connectivity index (χ0n) is 15.7. The lowest BCUT2D eigenvalue weighted by Gasteiger charge is -2.26. The van der Waals surface area contributed by atoms with Crippen LogP contribution in [-0.2, 0) is 9.59 Å². The van der Waals surface area contributed by atoms with Crippen LogP contribution in [-0.4, -0.2) is 43.0 Å². The van der Waals surface area contributed by atoms with Gasteiger partial charge in [-0.15, -0.1) is 11.3 Å². The van der Waals surface area contributed by atoms with Gasteiger partial charge in [-0.05, 0) is 61.1 Å². The van der Waals surface area contributed by atoms with E-state index in [0.717, 1.165) is 18.7 Å². The molecule has 0 radical (unpaired) electrons. The van der Waals surface area contributed by atoms with Gasteiger partial charge in [0.1, 0.15) is 5.75 Å². The van der Waals surface area contributed by atoms with Crippen molar-refractivity contribution in [2.45, 2.75) is 18.9 Å². The van der Waals surface area contributed by atoms with Crippen LogP contribution in [0, 0.1) is 0 Å². The number of thiophene rings is 1. The van der Waals surface area contributed by atoms with Gasteiger partial charge in [-0.25, -0.2) is 0 Å². The fraction of sp³-hybridized carbons (Fsp3) is 0.333. The van der Waals surface area contributed by atoms with Crippen molar-refractivity contribution >= 4 is 29.2 Å². The zero-order chi connectivity index (χ0) is 19.8. The topological polar surface area (TPSA) is 84.7 Å². The third-order valence-electron chi connectivity index (χ3n) is 4.61. The Labute approximate surface area is 169 Å². The normalized spacial score (nSPS) is 15.6. The molecular formula is C21H25N3O3S. The summed E-state index contributed by atoms with van der Waals surface area (Å²) in [5.74, 6) is -0.0740. The van der Waals surface area contributed by atoms with Crippen LogP contribution in [0.1, 0.15) is 29.3 Å². The number of ether oxygens (including phenoxy) is 1. The van der Waals surface area contributed by atoms with E-state index < -0.39 is 5.91 Å². The lowest BCUT2D eigenvalue weighted by atomic mass is 10.2. The number of hydrogen-bond donors (Lipinski definition) is 2. The van der Waals surface area contributed by atoms with Gasteiger partial charge in [0.2, 0.25) is 5.91 Å². The predicted molar refractivity (Wildman–Crippen MR) is 111 cm³/mol. The molecule has 7 heteroatoms. The van der Waals surface area contributed by atoms with E-state index in [9.17, 15) is 9.59 Å². The summed E-state index contributed by atoms with van der Waals surface area (Å²) in [6.07, 6.45) is 5.72. The van der Waals surface area contributed by atoms with Gasteiger partial charge >= 0.3 is 0 Å². The first-order valence-corrected chi connectivity index (χ1v) is 10.2. The van der Waals surface area contributed by atoms with Gasteiger partial charge < -0.3 is 15.8 Å². The highest BCUT2D eigenvalue weighted by molar-refractivity contribution is 7.10. The summed E-state index contributed by atoms with van der Waals surface area (Å²) >= 11 is 1.74. The highest BCUT2D eigenvalue weighted by Gasteiger charge is 2.24. The van der Waals surface area contributed by atoms with Crippen molar-refractivity contribution in [2.75, 3.05) is 26.2 Å². The second-order valence-electron chi connectivity index (χ2n) is 6.68. The predicted octanol–water partition coefficient (Wildman–Crippen LogP) is 2.58. The average molecular weight is 400 g/mol. The van der Waals surface area contributed by atoms with Crippen molar-refractivity contribution in [3.05, 3.63) is 58.3 Å². The van der Waals surface area contributed by atoms with Gasteiger partial charge in [0.05, 0.1) is 6.04 Å². The van der Waals surface area contributed by atoms with E-state index in [4.69, 9.17) is 10.5 Å². The van der Waals surface area contributed by atoms with Crippen molar-refractivity contribution < 1.29 is 14.3 Å². The summed E-state index contributed by atoms with van der Waals surface area (Å²) in [5, 5.41) is 5.11. The Bertz CT molecular complexity index is 797. The van der Waals surface area contributed by atoms with Crippen LogP contribution in [0.25, 0.3) is 6.08 Å². The Kier molecular flexibility index (Phi) is 7.22. The molecule has 1 unspecified atom stereocenters. The number of benzene rings is 1.